The lowest BCUT2D eigenvalue weighted by atomic mass is 10.3. The van der Waals surface area contributed by atoms with Crippen molar-refractivity contribution in [2.45, 2.75) is 19.6 Å². The van der Waals surface area contributed by atoms with Gasteiger partial charge in [-0.1, -0.05) is 11.6 Å². The topological polar surface area (TPSA) is 35.5 Å². The smallest absolute Gasteiger partial charge is 0.337 e. The number of carbonyl (C=O) groups excluding carboxylic acids is 1. The molecule has 0 saturated heterocycles. The van der Waals surface area contributed by atoms with Gasteiger partial charge in [0.05, 0.1) is 16.0 Å². The molecule has 80 valence electrons. The summed E-state index contributed by atoms with van der Waals surface area (Å²) in [6.07, 6.45) is 1.31. The Kier molecular flexibility index (Phi) is 2.48. The normalized spacial score (nSPS) is 19.1. The van der Waals surface area contributed by atoms with Crippen molar-refractivity contribution in [2.24, 2.45) is 0 Å². The predicted molar refractivity (Wildman–Crippen MR) is 58.6 cm³/mol. The van der Waals surface area contributed by atoms with Crippen LogP contribution in [-0.2, 0) is 14.3 Å². The first-order valence-corrected chi connectivity index (χ1v) is 5.61. The number of thiophene rings is 1. The van der Waals surface area contributed by atoms with Crippen molar-refractivity contribution in [2.75, 3.05) is 0 Å². The van der Waals surface area contributed by atoms with Crippen molar-refractivity contribution >= 4 is 34.7 Å². The number of ether oxygens (including phenoxy) is 2. The van der Waals surface area contributed by atoms with E-state index in [1.165, 1.54) is 17.4 Å². The summed E-state index contributed by atoms with van der Waals surface area (Å²) in [6, 6.07) is 1.76. The monoisotopic (exact) mass is 244 g/mol. The van der Waals surface area contributed by atoms with Crippen LogP contribution < -0.4 is 0 Å². The first-order valence-electron chi connectivity index (χ1n) is 4.35. The van der Waals surface area contributed by atoms with Crippen molar-refractivity contribution in [1.29, 1.82) is 0 Å². The van der Waals surface area contributed by atoms with Gasteiger partial charge < -0.3 is 9.47 Å². The van der Waals surface area contributed by atoms with Crippen LogP contribution in [0.15, 0.2) is 17.5 Å². The second-order valence-electron chi connectivity index (χ2n) is 3.53. The number of esters is 1. The van der Waals surface area contributed by atoms with Gasteiger partial charge in [0, 0.05) is 13.8 Å². The lowest BCUT2D eigenvalue weighted by Crippen LogP contribution is -2.33. The molecule has 0 atom stereocenters. The number of rotatable bonds is 1. The minimum absolute atomic E-state index is 0.411. The van der Waals surface area contributed by atoms with Crippen molar-refractivity contribution in [3.8, 4) is 0 Å². The first-order chi connectivity index (χ1) is 6.98. The molecule has 0 aliphatic carbocycles. The van der Waals surface area contributed by atoms with E-state index in [4.69, 9.17) is 21.1 Å². The third-order valence-corrected chi connectivity index (χ3v) is 3.15. The van der Waals surface area contributed by atoms with Crippen molar-refractivity contribution in [1.82, 2.24) is 0 Å². The third kappa shape index (κ3) is 2.16. The van der Waals surface area contributed by atoms with Gasteiger partial charge in [0.15, 0.2) is 0 Å². The molecule has 0 spiro atoms. The van der Waals surface area contributed by atoms with Gasteiger partial charge >= 0.3 is 5.97 Å². The van der Waals surface area contributed by atoms with Crippen molar-refractivity contribution in [3.63, 3.8) is 0 Å². The van der Waals surface area contributed by atoms with E-state index in [-0.39, 0.29) is 0 Å². The number of hydrogen-bond acceptors (Lipinski definition) is 4. The van der Waals surface area contributed by atoms with Gasteiger partial charge in [-0.2, -0.15) is 0 Å². The lowest BCUT2D eigenvalue weighted by Gasteiger charge is -2.30. The zero-order valence-electron chi connectivity index (χ0n) is 8.24. The molecule has 1 aliphatic rings. The second-order valence-corrected chi connectivity index (χ2v) is 4.85. The average Bonchev–Trinajstić information content (AvgIpc) is 2.47. The largest absolute Gasteiger partial charge is 0.451 e. The fourth-order valence-electron chi connectivity index (χ4n) is 1.28. The molecular weight excluding hydrogens is 236 g/mol. The van der Waals surface area contributed by atoms with E-state index < -0.39 is 11.8 Å². The molecular formula is C10H9ClO3S. The molecule has 1 aromatic rings. The molecule has 2 rings (SSSR count). The summed E-state index contributed by atoms with van der Waals surface area (Å²) in [5.74, 6) is -0.879. The number of hydrogen-bond donors (Lipinski definition) is 0. The Hall–Kier alpha value is -1.00. The highest BCUT2D eigenvalue weighted by atomic mass is 35.5. The van der Waals surface area contributed by atoms with E-state index in [0.29, 0.717) is 10.8 Å². The van der Waals surface area contributed by atoms with Gasteiger partial charge in [0.25, 0.3) is 0 Å². The highest BCUT2D eigenvalue weighted by molar-refractivity contribution is 7.11. The van der Waals surface area contributed by atoms with E-state index in [0.717, 1.165) is 4.88 Å². The zero-order chi connectivity index (χ0) is 11.1. The number of carbonyl (C=O) groups is 1. The summed E-state index contributed by atoms with van der Waals surface area (Å²) >= 11 is 7.38. The summed E-state index contributed by atoms with van der Waals surface area (Å²) in [5, 5.41) is 2.42. The fraction of sp³-hybridized carbons (Fsp3) is 0.300. The molecule has 5 heteroatoms. The summed E-state index contributed by atoms with van der Waals surface area (Å²) in [6.45, 7) is 3.36. The standard InChI is InChI=1S/C10H9ClO3S/c1-10(2)13-7(5-8(12)14-10)9-6(11)3-4-15-9/h3-5H,1-2H3. The molecule has 15 heavy (non-hydrogen) atoms. The van der Waals surface area contributed by atoms with Crippen LogP contribution in [0.5, 0.6) is 0 Å². The highest BCUT2D eigenvalue weighted by Gasteiger charge is 2.31. The molecule has 2 heterocycles. The average molecular weight is 245 g/mol. The number of cyclic esters (lactones) is 1. The van der Waals surface area contributed by atoms with Crippen LogP contribution in [-0.4, -0.2) is 11.8 Å². The molecule has 1 aliphatic heterocycles. The summed E-state index contributed by atoms with van der Waals surface area (Å²) in [7, 11) is 0. The molecule has 0 fully saturated rings. The van der Waals surface area contributed by atoms with Crippen LogP contribution in [0.25, 0.3) is 5.76 Å². The van der Waals surface area contributed by atoms with Crippen LogP contribution in [0.3, 0.4) is 0 Å². The van der Waals surface area contributed by atoms with Crippen molar-refractivity contribution < 1.29 is 14.3 Å². The van der Waals surface area contributed by atoms with Gasteiger partial charge in [-0.3, -0.25) is 0 Å². The van der Waals surface area contributed by atoms with Crippen LogP contribution in [0.2, 0.25) is 5.02 Å². The van der Waals surface area contributed by atoms with E-state index in [1.54, 1.807) is 19.9 Å². The van der Waals surface area contributed by atoms with Gasteiger partial charge in [-0.25, -0.2) is 4.79 Å². The Morgan fingerprint density at radius 2 is 2.13 bits per heavy atom. The fourth-order valence-corrected chi connectivity index (χ4v) is 2.38. The molecule has 0 amide bonds. The Balaban J connectivity index is 2.38. The molecule has 1 aromatic heterocycles. The van der Waals surface area contributed by atoms with E-state index in [2.05, 4.69) is 0 Å². The molecule has 3 nitrogen and oxygen atoms in total. The maximum atomic E-state index is 11.3. The Morgan fingerprint density at radius 3 is 2.67 bits per heavy atom. The van der Waals surface area contributed by atoms with E-state index in [1.807, 2.05) is 5.38 Å². The minimum Gasteiger partial charge on any atom is -0.451 e. The predicted octanol–water partition coefficient (Wildman–Crippen LogP) is 3.05. The van der Waals surface area contributed by atoms with Gasteiger partial charge in [0.2, 0.25) is 5.79 Å². The SMILES string of the molecule is CC1(C)OC(=O)C=C(c2sccc2Cl)O1. The van der Waals surface area contributed by atoms with E-state index >= 15 is 0 Å². The molecule has 0 unspecified atom stereocenters. The van der Waals surface area contributed by atoms with Gasteiger partial charge in [-0.05, 0) is 11.4 Å². The summed E-state index contributed by atoms with van der Waals surface area (Å²) < 4.78 is 10.5. The molecule has 0 aromatic carbocycles. The third-order valence-electron chi connectivity index (χ3n) is 1.79. The zero-order valence-corrected chi connectivity index (χ0v) is 9.82. The Labute approximate surface area is 96.3 Å². The highest BCUT2D eigenvalue weighted by Crippen LogP contribution is 2.35. The minimum atomic E-state index is -0.936. The molecule has 0 saturated carbocycles. The summed E-state index contributed by atoms with van der Waals surface area (Å²) in [5.41, 5.74) is 0. The van der Waals surface area contributed by atoms with Crippen LogP contribution >= 0.6 is 22.9 Å². The second kappa shape index (κ2) is 3.54. The quantitative estimate of drug-likeness (QED) is 0.713. The Morgan fingerprint density at radius 1 is 1.40 bits per heavy atom. The lowest BCUT2D eigenvalue weighted by molar-refractivity contribution is -0.193. The van der Waals surface area contributed by atoms with Crippen molar-refractivity contribution in [3.05, 3.63) is 27.4 Å². The maximum absolute atomic E-state index is 11.3. The van der Waals surface area contributed by atoms with E-state index in [9.17, 15) is 4.79 Å². The molecule has 0 bridgehead atoms. The number of halogens is 1. The Bertz CT molecular complexity index is 434. The molecule has 0 radical (unpaired) electrons. The van der Waals surface area contributed by atoms with Gasteiger partial charge in [-0.15, -0.1) is 11.3 Å². The van der Waals surface area contributed by atoms with Crippen LogP contribution in [0, 0.1) is 0 Å². The van der Waals surface area contributed by atoms with Crippen LogP contribution in [0.1, 0.15) is 18.7 Å². The maximum Gasteiger partial charge on any atom is 0.337 e. The van der Waals surface area contributed by atoms with Crippen LogP contribution in [0.4, 0.5) is 0 Å². The van der Waals surface area contributed by atoms with Gasteiger partial charge in [0.1, 0.15) is 5.76 Å². The first kappa shape index (κ1) is 10.5. The summed E-state index contributed by atoms with van der Waals surface area (Å²) in [4.78, 5) is 12.0. The molecule has 0 N–H and O–H groups in total.